The average Bonchev–Trinajstić information content (AvgIpc) is 3.36. The molecule has 5 rings (SSSR count). The number of fused-ring (bicyclic) bond motifs is 2. The van der Waals surface area contributed by atoms with E-state index in [-0.39, 0.29) is 5.91 Å². The maximum Gasteiger partial charge on any atom is 0.292 e. The lowest BCUT2D eigenvalue weighted by Crippen LogP contribution is -2.37. The highest BCUT2D eigenvalue weighted by Crippen LogP contribution is 2.34. The second-order valence-corrected chi connectivity index (χ2v) is 8.21. The minimum absolute atomic E-state index is 0.0358. The number of amides is 1. The van der Waals surface area contributed by atoms with Crippen molar-refractivity contribution in [1.82, 2.24) is 19.9 Å². The van der Waals surface area contributed by atoms with Gasteiger partial charge in [-0.1, -0.05) is 11.2 Å². The van der Waals surface area contributed by atoms with Crippen LogP contribution in [0.2, 0.25) is 0 Å². The lowest BCUT2D eigenvalue weighted by atomic mass is 9.96. The van der Waals surface area contributed by atoms with Crippen LogP contribution in [0.3, 0.4) is 0 Å². The van der Waals surface area contributed by atoms with Crippen LogP contribution in [0.1, 0.15) is 52.5 Å². The molecule has 0 unspecified atom stereocenters. The van der Waals surface area contributed by atoms with Gasteiger partial charge in [0.05, 0.1) is 11.4 Å². The molecule has 6 nitrogen and oxygen atoms in total. The van der Waals surface area contributed by atoms with Crippen molar-refractivity contribution in [3.8, 4) is 0 Å². The van der Waals surface area contributed by atoms with E-state index in [1.165, 1.54) is 0 Å². The Balaban J connectivity index is 1.29. The first kappa shape index (κ1) is 16.9. The summed E-state index contributed by atoms with van der Waals surface area (Å²) in [6.45, 7) is 5.60. The van der Waals surface area contributed by atoms with Crippen LogP contribution in [0.15, 0.2) is 22.7 Å². The van der Waals surface area contributed by atoms with Crippen LogP contribution >= 0.6 is 0 Å². The molecule has 2 atom stereocenters. The van der Waals surface area contributed by atoms with Crippen molar-refractivity contribution in [2.45, 2.75) is 51.6 Å². The molecule has 1 amide bonds. The lowest BCUT2D eigenvalue weighted by molar-refractivity contribution is 0.0727. The highest BCUT2D eigenvalue weighted by molar-refractivity contribution is 5.93. The van der Waals surface area contributed by atoms with E-state index in [9.17, 15) is 4.79 Å². The summed E-state index contributed by atoms with van der Waals surface area (Å²) >= 11 is 0. The third-order valence-corrected chi connectivity index (χ3v) is 6.42. The summed E-state index contributed by atoms with van der Waals surface area (Å²) in [5.41, 5.74) is 4.23. The summed E-state index contributed by atoms with van der Waals surface area (Å²) in [5, 5.41) is 4.16. The van der Waals surface area contributed by atoms with Crippen molar-refractivity contribution in [3.05, 3.63) is 46.6 Å². The van der Waals surface area contributed by atoms with E-state index in [2.05, 4.69) is 27.2 Å². The molecule has 142 valence electrons. The smallest absolute Gasteiger partial charge is 0.292 e. The van der Waals surface area contributed by atoms with Crippen LogP contribution < -0.4 is 0 Å². The number of hydrogen-bond acceptors (Lipinski definition) is 5. The van der Waals surface area contributed by atoms with Gasteiger partial charge in [0.1, 0.15) is 0 Å². The predicted octanol–water partition coefficient (Wildman–Crippen LogP) is 2.60. The molecule has 2 aliphatic heterocycles. The van der Waals surface area contributed by atoms with Gasteiger partial charge in [-0.05, 0) is 63.6 Å². The van der Waals surface area contributed by atoms with Crippen LogP contribution in [-0.2, 0) is 19.4 Å². The average molecular weight is 366 g/mol. The molecule has 0 radical (unpaired) electrons. The topological polar surface area (TPSA) is 62.5 Å². The Morgan fingerprint density at radius 2 is 2.15 bits per heavy atom. The summed E-state index contributed by atoms with van der Waals surface area (Å²) in [4.78, 5) is 22.2. The Morgan fingerprint density at radius 1 is 1.26 bits per heavy atom. The fourth-order valence-corrected chi connectivity index (χ4v) is 5.01. The molecule has 2 aromatic rings. The minimum atomic E-state index is 0.0358. The first-order valence-electron chi connectivity index (χ1n) is 10.1. The van der Waals surface area contributed by atoms with Crippen molar-refractivity contribution in [3.63, 3.8) is 0 Å². The fraction of sp³-hybridized carbons (Fsp3) is 0.571. The first-order chi connectivity index (χ1) is 13.2. The van der Waals surface area contributed by atoms with Crippen molar-refractivity contribution in [2.75, 3.05) is 19.6 Å². The van der Waals surface area contributed by atoms with Crippen molar-refractivity contribution in [1.29, 1.82) is 0 Å². The van der Waals surface area contributed by atoms with E-state index >= 15 is 0 Å². The van der Waals surface area contributed by atoms with E-state index in [0.29, 0.717) is 17.7 Å². The molecular weight excluding hydrogens is 340 g/mol. The summed E-state index contributed by atoms with van der Waals surface area (Å²) in [7, 11) is 0. The number of nitrogens with zero attached hydrogens (tertiary/aromatic N) is 4. The zero-order valence-corrected chi connectivity index (χ0v) is 15.9. The van der Waals surface area contributed by atoms with Gasteiger partial charge in [-0.2, -0.15) is 0 Å². The highest BCUT2D eigenvalue weighted by Gasteiger charge is 2.44. The Labute approximate surface area is 159 Å². The van der Waals surface area contributed by atoms with E-state index in [1.807, 2.05) is 17.9 Å². The summed E-state index contributed by atoms with van der Waals surface area (Å²) in [5.74, 6) is 1.09. The molecule has 6 heteroatoms. The van der Waals surface area contributed by atoms with Gasteiger partial charge in [-0.25, -0.2) is 0 Å². The molecule has 1 aliphatic carbocycles. The number of carbonyl (C=O) groups is 1. The Hall–Kier alpha value is -2.21. The summed E-state index contributed by atoms with van der Waals surface area (Å²) in [6.07, 6.45) is 5.27. The Morgan fingerprint density at radius 3 is 3.04 bits per heavy atom. The molecule has 2 aromatic heterocycles. The van der Waals surface area contributed by atoms with Crippen molar-refractivity contribution in [2.24, 2.45) is 5.92 Å². The SMILES string of the molecule is Cc1cccc(CN2CC[C@H]3CN(C(=O)c4onc5c4CCCC5)C[C@H]32)n1. The monoisotopic (exact) mass is 366 g/mol. The number of aryl methyl sites for hydroxylation is 2. The van der Waals surface area contributed by atoms with Crippen molar-refractivity contribution >= 4 is 5.91 Å². The van der Waals surface area contributed by atoms with Gasteiger partial charge in [0, 0.05) is 36.9 Å². The van der Waals surface area contributed by atoms with Gasteiger partial charge >= 0.3 is 0 Å². The largest absolute Gasteiger partial charge is 0.350 e. The second kappa shape index (κ2) is 6.75. The number of rotatable bonds is 3. The van der Waals surface area contributed by atoms with Gasteiger partial charge in [0.25, 0.3) is 5.91 Å². The number of aromatic nitrogens is 2. The van der Waals surface area contributed by atoms with E-state index in [0.717, 1.165) is 80.9 Å². The molecule has 27 heavy (non-hydrogen) atoms. The predicted molar refractivity (Wildman–Crippen MR) is 100 cm³/mol. The second-order valence-electron chi connectivity index (χ2n) is 8.21. The van der Waals surface area contributed by atoms with E-state index in [4.69, 9.17) is 4.52 Å². The normalized spacial score (nSPS) is 24.9. The molecule has 0 spiro atoms. The van der Waals surface area contributed by atoms with Crippen LogP contribution in [0.5, 0.6) is 0 Å². The van der Waals surface area contributed by atoms with Gasteiger partial charge in [0.15, 0.2) is 0 Å². The molecular formula is C21H26N4O2. The van der Waals surface area contributed by atoms with Crippen LogP contribution in [0.4, 0.5) is 0 Å². The first-order valence-corrected chi connectivity index (χ1v) is 10.1. The van der Waals surface area contributed by atoms with Crippen LogP contribution in [0, 0.1) is 12.8 Å². The summed E-state index contributed by atoms with van der Waals surface area (Å²) < 4.78 is 5.48. The highest BCUT2D eigenvalue weighted by atomic mass is 16.5. The molecule has 0 bridgehead atoms. The number of likely N-dealkylation sites (tertiary alicyclic amines) is 2. The van der Waals surface area contributed by atoms with Crippen LogP contribution in [-0.4, -0.2) is 51.5 Å². The number of carbonyl (C=O) groups excluding carboxylic acids is 1. The third-order valence-electron chi connectivity index (χ3n) is 6.42. The molecule has 0 saturated carbocycles. The van der Waals surface area contributed by atoms with Crippen molar-refractivity contribution < 1.29 is 9.32 Å². The van der Waals surface area contributed by atoms with Gasteiger partial charge in [-0.3, -0.25) is 14.7 Å². The number of hydrogen-bond donors (Lipinski definition) is 0. The quantitative estimate of drug-likeness (QED) is 0.836. The minimum Gasteiger partial charge on any atom is -0.350 e. The van der Waals surface area contributed by atoms with Gasteiger partial charge in [-0.15, -0.1) is 0 Å². The van der Waals surface area contributed by atoms with E-state index in [1.54, 1.807) is 0 Å². The summed E-state index contributed by atoms with van der Waals surface area (Å²) in [6, 6.07) is 6.63. The van der Waals surface area contributed by atoms with Crippen LogP contribution in [0.25, 0.3) is 0 Å². The Bertz CT molecular complexity index is 862. The molecule has 4 heterocycles. The molecule has 0 aromatic carbocycles. The van der Waals surface area contributed by atoms with E-state index < -0.39 is 0 Å². The molecule has 0 N–H and O–H groups in total. The molecule has 3 aliphatic rings. The molecule has 2 fully saturated rings. The standard InChI is InChI=1S/C21H26N4O2/c1-14-5-4-6-16(22-14)12-24-10-9-15-11-25(13-19(15)24)21(26)20-17-7-2-3-8-18(17)23-27-20/h4-6,15,19H,2-3,7-13H2,1H3/t15-,19+/m0/s1. The molecule has 2 saturated heterocycles. The Kier molecular flexibility index (Phi) is 4.23. The number of pyridine rings is 1. The fourth-order valence-electron chi connectivity index (χ4n) is 5.01. The maximum atomic E-state index is 13.1. The maximum absolute atomic E-state index is 13.1. The zero-order chi connectivity index (χ0) is 18.4. The zero-order valence-electron chi connectivity index (χ0n) is 15.9. The third kappa shape index (κ3) is 3.06. The van der Waals surface area contributed by atoms with Gasteiger partial charge in [0.2, 0.25) is 5.76 Å². The lowest BCUT2D eigenvalue weighted by Gasteiger charge is -2.24. The van der Waals surface area contributed by atoms with Gasteiger partial charge < -0.3 is 9.42 Å².